The first-order valence-electron chi connectivity index (χ1n) is 9.40. The van der Waals surface area contributed by atoms with E-state index in [4.69, 9.17) is 23.1 Å². The van der Waals surface area contributed by atoms with E-state index in [9.17, 15) is 34.2 Å². The summed E-state index contributed by atoms with van der Waals surface area (Å²) in [6.45, 7) is 1.70. The fourth-order valence-electron chi connectivity index (χ4n) is 5.42. The lowest BCUT2D eigenvalue weighted by atomic mass is 9.52. The van der Waals surface area contributed by atoms with Gasteiger partial charge in [-0.25, -0.2) is 0 Å². The van der Waals surface area contributed by atoms with Crippen molar-refractivity contribution in [1.29, 1.82) is 0 Å². The highest BCUT2D eigenvalue weighted by atomic mass is 35.5. The maximum atomic E-state index is 13.3. The van der Waals surface area contributed by atoms with Gasteiger partial charge in [0, 0.05) is 18.4 Å². The molecule has 6 atom stereocenters. The number of rotatable bonds is 1. The van der Waals surface area contributed by atoms with Crippen molar-refractivity contribution in [3.63, 3.8) is 0 Å². The lowest BCUT2D eigenvalue weighted by molar-refractivity contribution is -0.176. The van der Waals surface area contributed by atoms with E-state index >= 15 is 0 Å². The van der Waals surface area contributed by atoms with Gasteiger partial charge in [-0.15, -0.1) is 0 Å². The van der Waals surface area contributed by atoms with E-state index in [1.807, 2.05) is 0 Å². The topological polar surface area (TPSA) is 178 Å². The summed E-state index contributed by atoms with van der Waals surface area (Å²) in [6, 6.07) is 1.10. The Kier molecular flexibility index (Phi) is 4.34. The number of aliphatic hydroxyl groups is 1. The molecule has 6 N–H and O–H groups in total. The van der Waals surface area contributed by atoms with Crippen LogP contribution in [0.3, 0.4) is 0 Å². The molecule has 1 aromatic carbocycles. The van der Waals surface area contributed by atoms with Gasteiger partial charge < -0.3 is 21.7 Å². The number of halogens is 1. The summed E-state index contributed by atoms with van der Waals surface area (Å²) in [5.41, 5.74) is 8.74. The largest absolute Gasteiger partial charge is 0.507 e. The summed E-state index contributed by atoms with van der Waals surface area (Å²) in [5.74, 6) is -11.3. The normalized spacial score (nSPS) is 35.5. The van der Waals surface area contributed by atoms with Crippen LogP contribution in [-0.4, -0.2) is 44.9 Å². The summed E-state index contributed by atoms with van der Waals surface area (Å²) in [7, 11) is 0. The van der Waals surface area contributed by atoms with Gasteiger partial charge in [0.15, 0.2) is 34.7 Å². The van der Waals surface area contributed by atoms with Crippen LogP contribution in [0.5, 0.6) is 5.75 Å². The van der Waals surface area contributed by atoms with Crippen LogP contribution >= 0.6 is 11.6 Å². The Balaban J connectivity index is 1.88. The number of aromatic hydroxyl groups is 1. The summed E-state index contributed by atoms with van der Waals surface area (Å²) in [6.07, 6.45) is -0.399. The zero-order valence-electron chi connectivity index (χ0n) is 15.8. The molecule has 0 aliphatic heterocycles. The number of hydrogen-bond donors (Lipinski definition) is 4. The number of phenols is 1. The van der Waals surface area contributed by atoms with Crippen LogP contribution < -0.4 is 11.5 Å². The molecule has 30 heavy (non-hydrogen) atoms. The predicted octanol–water partition coefficient (Wildman–Crippen LogP) is 0.123. The third-order valence-electron chi connectivity index (χ3n) is 6.89. The molecule has 3 aliphatic rings. The molecule has 4 rings (SSSR count). The quantitative estimate of drug-likeness (QED) is 0.273. The smallest absolute Gasteiger partial charge is 0.235 e. The molecule has 158 valence electrons. The van der Waals surface area contributed by atoms with Crippen molar-refractivity contribution in [2.75, 3.05) is 5.73 Å². The number of phenolic OH excluding ortho intramolecular Hbond substituents is 1. The van der Waals surface area contributed by atoms with E-state index in [0.717, 1.165) is 6.07 Å². The van der Waals surface area contributed by atoms with E-state index in [1.165, 1.54) is 0 Å². The molecule has 2 unspecified atom stereocenters. The third-order valence-corrected chi connectivity index (χ3v) is 7.20. The number of anilines is 1. The number of primary amides is 1. The van der Waals surface area contributed by atoms with Crippen LogP contribution in [-0.2, 0) is 19.2 Å². The molecule has 0 spiro atoms. The molecule has 9 nitrogen and oxygen atoms in total. The number of fused-ring (bicyclic) bond motifs is 3. The summed E-state index contributed by atoms with van der Waals surface area (Å²) < 4.78 is 0. The van der Waals surface area contributed by atoms with Crippen LogP contribution in [0.4, 0.5) is 5.69 Å². The minimum Gasteiger partial charge on any atom is -0.507 e. The molecular formula is C20H19ClN2O7. The average molecular weight is 435 g/mol. The maximum absolute atomic E-state index is 13.3. The predicted molar refractivity (Wildman–Crippen MR) is 103 cm³/mol. The summed E-state index contributed by atoms with van der Waals surface area (Å²) in [5, 5.41) is 21.5. The van der Waals surface area contributed by atoms with Crippen molar-refractivity contribution in [2.45, 2.75) is 31.3 Å². The fourth-order valence-corrected chi connectivity index (χ4v) is 5.62. The number of carbonyl (C=O) groups is 5. The van der Waals surface area contributed by atoms with E-state index < -0.39 is 76.4 Å². The van der Waals surface area contributed by atoms with Crippen molar-refractivity contribution in [1.82, 2.24) is 0 Å². The molecule has 0 radical (unpaired) electrons. The molecule has 0 saturated heterocycles. The lowest BCUT2D eigenvalue weighted by Crippen LogP contribution is -2.68. The Morgan fingerprint density at radius 2 is 1.87 bits per heavy atom. The van der Waals surface area contributed by atoms with Crippen LogP contribution in [0.1, 0.15) is 41.6 Å². The van der Waals surface area contributed by atoms with Crippen molar-refractivity contribution in [3.8, 4) is 5.75 Å². The highest BCUT2D eigenvalue weighted by Gasteiger charge is 2.66. The maximum Gasteiger partial charge on any atom is 0.235 e. The number of amides is 1. The van der Waals surface area contributed by atoms with Crippen LogP contribution in [0.25, 0.3) is 0 Å². The number of ketones is 4. The van der Waals surface area contributed by atoms with Gasteiger partial charge in [0.05, 0.1) is 22.2 Å². The molecule has 2 fully saturated rings. The second-order valence-electron chi connectivity index (χ2n) is 8.31. The van der Waals surface area contributed by atoms with Crippen LogP contribution in [0, 0.1) is 23.7 Å². The molecule has 2 saturated carbocycles. The Labute approximate surface area is 175 Å². The Morgan fingerprint density at radius 1 is 1.23 bits per heavy atom. The summed E-state index contributed by atoms with van der Waals surface area (Å²) in [4.78, 5) is 63.3. The Hall–Kier alpha value is -2.78. The zero-order chi connectivity index (χ0) is 22.3. The average Bonchev–Trinajstić information content (AvgIpc) is 2.65. The Bertz CT molecular complexity index is 1070. The van der Waals surface area contributed by atoms with Crippen molar-refractivity contribution >= 4 is 46.3 Å². The second-order valence-corrected chi connectivity index (χ2v) is 8.71. The highest BCUT2D eigenvalue weighted by Crippen LogP contribution is 2.55. The molecule has 0 heterocycles. The van der Waals surface area contributed by atoms with Gasteiger partial charge in [0.25, 0.3) is 0 Å². The number of nitrogens with two attached hydrogens (primary N) is 2. The number of carbonyl (C=O) groups excluding carboxylic acids is 5. The molecule has 1 amide bonds. The van der Waals surface area contributed by atoms with Gasteiger partial charge in [-0.2, -0.15) is 0 Å². The monoisotopic (exact) mass is 434 g/mol. The number of Topliss-reactive ketones (excluding diaryl/α,β-unsaturated/α-hetero) is 4. The number of benzene rings is 1. The van der Waals surface area contributed by atoms with E-state index in [0.29, 0.717) is 5.56 Å². The highest BCUT2D eigenvalue weighted by molar-refractivity contribution is 6.34. The molecule has 1 aromatic rings. The van der Waals surface area contributed by atoms with Gasteiger partial charge in [0.1, 0.15) is 5.75 Å². The van der Waals surface area contributed by atoms with Gasteiger partial charge in [0.2, 0.25) is 5.91 Å². The first-order chi connectivity index (χ1) is 13.9. The fraction of sp³-hybridized carbons (Fsp3) is 0.450. The minimum absolute atomic E-state index is 0.00503. The summed E-state index contributed by atoms with van der Waals surface area (Å²) >= 11 is 6.05. The number of hydrogen-bond acceptors (Lipinski definition) is 8. The Morgan fingerprint density at radius 3 is 2.47 bits per heavy atom. The molecule has 10 heteroatoms. The van der Waals surface area contributed by atoms with E-state index in [1.54, 1.807) is 6.92 Å². The molecule has 3 aliphatic carbocycles. The van der Waals surface area contributed by atoms with Gasteiger partial charge in [-0.3, -0.25) is 24.0 Å². The lowest BCUT2D eigenvalue weighted by Gasteiger charge is -2.50. The van der Waals surface area contributed by atoms with Gasteiger partial charge in [-0.05, 0) is 23.8 Å². The molecular weight excluding hydrogens is 416 g/mol. The first-order valence-corrected chi connectivity index (χ1v) is 9.78. The number of nitrogen functional groups attached to an aromatic ring is 1. The van der Waals surface area contributed by atoms with E-state index in [-0.39, 0.29) is 22.7 Å². The van der Waals surface area contributed by atoms with Crippen LogP contribution in [0.15, 0.2) is 6.07 Å². The van der Waals surface area contributed by atoms with Gasteiger partial charge in [-0.1, -0.05) is 18.5 Å². The van der Waals surface area contributed by atoms with Crippen LogP contribution in [0.2, 0.25) is 5.02 Å². The van der Waals surface area contributed by atoms with E-state index in [2.05, 4.69) is 0 Å². The van der Waals surface area contributed by atoms with Gasteiger partial charge >= 0.3 is 0 Å². The molecule has 0 aromatic heterocycles. The standard InChI is InChI=1S/C20H19ClN2O7/c1-5-7-2-6-3-9(24)14(19(23)29)18(28)20(6,30)17(27)12(7)16(26)13-10(25)4-8(21)15(22)11(5)13/h4-7,12,14,25,30H,2-3,22H2,1H3,(H2,23,29)/t5-,6+,7-,12?,14?,20+/m1/s1. The van der Waals surface area contributed by atoms with Crippen molar-refractivity contribution in [2.24, 2.45) is 29.4 Å². The minimum atomic E-state index is -2.67. The second kappa shape index (κ2) is 6.36. The first kappa shape index (κ1) is 20.5. The zero-order valence-corrected chi connectivity index (χ0v) is 16.6. The molecule has 0 bridgehead atoms. The van der Waals surface area contributed by atoms with Crippen molar-refractivity contribution in [3.05, 3.63) is 22.2 Å². The third kappa shape index (κ3) is 2.36. The van der Waals surface area contributed by atoms with Crippen molar-refractivity contribution < 1.29 is 34.2 Å². The SMILES string of the molecule is C[C@H]1c2c(N)c(Cl)cc(O)c2C(=O)C2C(=O)[C@]3(O)C(=O)C(C(N)=O)C(=O)C[C@@H]3C[C@@H]21.